The van der Waals surface area contributed by atoms with E-state index in [4.69, 9.17) is 0 Å². The summed E-state index contributed by atoms with van der Waals surface area (Å²) in [5.74, 6) is -0.580. The molecule has 21 heavy (non-hydrogen) atoms. The number of rotatable bonds is 4. The highest BCUT2D eigenvalue weighted by atomic mass is 32.1. The topological polar surface area (TPSA) is 68.3 Å². The van der Waals surface area contributed by atoms with E-state index in [0.29, 0.717) is 12.1 Å². The maximum atomic E-state index is 12.1. The van der Waals surface area contributed by atoms with Crippen molar-refractivity contribution in [3.05, 3.63) is 51.0 Å². The molecule has 0 spiro atoms. The number of hydrogen-bond donors (Lipinski definition) is 1. The Kier molecular flexibility index (Phi) is 4.70. The van der Waals surface area contributed by atoms with Crippen molar-refractivity contribution in [2.75, 3.05) is 7.11 Å². The first-order chi connectivity index (χ1) is 10.0. The summed E-state index contributed by atoms with van der Waals surface area (Å²) in [7, 11) is 1.31. The van der Waals surface area contributed by atoms with Gasteiger partial charge in [0.2, 0.25) is 0 Å². The SMILES string of the molecule is COC(=O)c1ccc(CNC(=O)c2csc(C)c2C)cn1. The van der Waals surface area contributed by atoms with Gasteiger partial charge in [0, 0.05) is 23.0 Å². The zero-order chi connectivity index (χ0) is 15.4. The molecule has 110 valence electrons. The van der Waals surface area contributed by atoms with E-state index in [1.165, 1.54) is 7.11 Å². The van der Waals surface area contributed by atoms with E-state index in [2.05, 4.69) is 15.0 Å². The van der Waals surface area contributed by atoms with Crippen LogP contribution in [0.3, 0.4) is 0 Å². The van der Waals surface area contributed by atoms with Crippen LogP contribution in [-0.2, 0) is 11.3 Å². The van der Waals surface area contributed by atoms with Crippen LogP contribution in [0.2, 0.25) is 0 Å². The number of nitrogens with zero attached hydrogens (tertiary/aromatic N) is 1. The van der Waals surface area contributed by atoms with Gasteiger partial charge in [0.15, 0.2) is 0 Å². The maximum Gasteiger partial charge on any atom is 0.356 e. The van der Waals surface area contributed by atoms with Crippen LogP contribution >= 0.6 is 11.3 Å². The molecule has 6 heteroatoms. The lowest BCUT2D eigenvalue weighted by Gasteiger charge is -2.05. The standard InChI is InChI=1S/C15H16N2O3S/c1-9-10(2)21-8-12(9)14(18)17-7-11-4-5-13(16-6-11)15(19)20-3/h4-6,8H,7H2,1-3H3,(H,17,18). The van der Waals surface area contributed by atoms with Crippen LogP contribution in [0.5, 0.6) is 0 Å². The molecule has 0 bridgehead atoms. The van der Waals surface area contributed by atoms with Crippen molar-refractivity contribution in [1.29, 1.82) is 0 Å². The van der Waals surface area contributed by atoms with Crippen LogP contribution < -0.4 is 5.32 Å². The zero-order valence-corrected chi connectivity index (χ0v) is 12.9. The number of aryl methyl sites for hydroxylation is 1. The fourth-order valence-corrected chi connectivity index (χ4v) is 2.63. The fourth-order valence-electron chi connectivity index (χ4n) is 1.77. The minimum atomic E-state index is -0.477. The third kappa shape index (κ3) is 3.46. The van der Waals surface area contributed by atoms with Gasteiger partial charge >= 0.3 is 5.97 Å². The Labute approximate surface area is 127 Å². The van der Waals surface area contributed by atoms with Crippen LogP contribution in [0.15, 0.2) is 23.7 Å². The first-order valence-corrected chi connectivity index (χ1v) is 7.27. The molecule has 0 unspecified atom stereocenters. The predicted octanol–water partition coefficient (Wildman–Crippen LogP) is 2.48. The number of carbonyl (C=O) groups is 2. The van der Waals surface area contributed by atoms with Gasteiger partial charge in [-0.2, -0.15) is 0 Å². The van der Waals surface area contributed by atoms with Crippen LogP contribution in [0.4, 0.5) is 0 Å². The number of ether oxygens (including phenoxy) is 1. The van der Waals surface area contributed by atoms with Crippen molar-refractivity contribution in [2.45, 2.75) is 20.4 Å². The number of esters is 1. The molecule has 2 rings (SSSR count). The summed E-state index contributed by atoms with van der Waals surface area (Å²) in [5, 5.41) is 4.70. The van der Waals surface area contributed by atoms with Gasteiger partial charge in [-0.1, -0.05) is 6.07 Å². The summed E-state index contributed by atoms with van der Waals surface area (Å²) in [4.78, 5) is 28.5. The number of carbonyl (C=O) groups excluding carboxylic acids is 2. The number of hydrogen-bond acceptors (Lipinski definition) is 5. The first kappa shape index (κ1) is 15.2. The lowest BCUT2D eigenvalue weighted by molar-refractivity contribution is 0.0593. The number of nitrogens with one attached hydrogen (secondary N) is 1. The molecule has 0 aliphatic heterocycles. The summed E-state index contributed by atoms with van der Waals surface area (Å²) in [6.07, 6.45) is 1.55. The molecule has 0 atom stereocenters. The Morgan fingerprint density at radius 3 is 2.62 bits per heavy atom. The number of aromatic nitrogens is 1. The lowest BCUT2D eigenvalue weighted by atomic mass is 10.1. The van der Waals surface area contributed by atoms with Crippen LogP contribution in [-0.4, -0.2) is 24.0 Å². The van der Waals surface area contributed by atoms with Crippen LogP contribution in [0, 0.1) is 13.8 Å². The van der Waals surface area contributed by atoms with E-state index >= 15 is 0 Å². The molecular weight excluding hydrogens is 288 g/mol. The Bertz CT molecular complexity index is 662. The first-order valence-electron chi connectivity index (χ1n) is 6.39. The summed E-state index contributed by atoms with van der Waals surface area (Å²) in [6, 6.07) is 3.32. The Hall–Kier alpha value is -2.21. The average Bonchev–Trinajstić information content (AvgIpc) is 2.84. The van der Waals surface area contributed by atoms with Crippen molar-refractivity contribution in [3.8, 4) is 0 Å². The largest absolute Gasteiger partial charge is 0.464 e. The van der Waals surface area contributed by atoms with Gasteiger partial charge in [0.25, 0.3) is 5.91 Å². The number of pyridine rings is 1. The number of amides is 1. The van der Waals surface area contributed by atoms with E-state index in [1.54, 1.807) is 29.7 Å². The van der Waals surface area contributed by atoms with Crippen molar-refractivity contribution in [1.82, 2.24) is 10.3 Å². The monoisotopic (exact) mass is 304 g/mol. The molecule has 0 fully saturated rings. The zero-order valence-electron chi connectivity index (χ0n) is 12.1. The summed E-state index contributed by atoms with van der Waals surface area (Å²) < 4.78 is 4.58. The van der Waals surface area contributed by atoms with Gasteiger partial charge in [-0.15, -0.1) is 11.3 Å². The molecule has 2 aromatic heterocycles. The van der Waals surface area contributed by atoms with E-state index in [0.717, 1.165) is 16.0 Å². The second-order valence-electron chi connectivity index (χ2n) is 4.56. The molecular formula is C15H16N2O3S. The molecule has 0 aromatic carbocycles. The minimum absolute atomic E-state index is 0.103. The smallest absolute Gasteiger partial charge is 0.356 e. The van der Waals surface area contributed by atoms with Gasteiger partial charge in [-0.3, -0.25) is 4.79 Å². The third-order valence-electron chi connectivity index (χ3n) is 3.20. The van der Waals surface area contributed by atoms with E-state index < -0.39 is 5.97 Å². The highest BCUT2D eigenvalue weighted by molar-refractivity contribution is 7.10. The summed E-state index contributed by atoms with van der Waals surface area (Å²) in [6.45, 7) is 4.29. The van der Waals surface area contributed by atoms with Crippen molar-refractivity contribution in [2.24, 2.45) is 0 Å². The summed E-state index contributed by atoms with van der Waals surface area (Å²) in [5.41, 5.74) is 2.78. The molecule has 0 saturated heterocycles. The molecule has 2 heterocycles. The number of methoxy groups -OCH3 is 1. The average molecular weight is 304 g/mol. The molecule has 0 radical (unpaired) electrons. The van der Waals surface area contributed by atoms with Gasteiger partial charge in [-0.25, -0.2) is 9.78 Å². The van der Waals surface area contributed by atoms with Crippen molar-refractivity contribution in [3.63, 3.8) is 0 Å². The molecule has 0 aliphatic carbocycles. The molecule has 1 N–H and O–H groups in total. The third-order valence-corrected chi connectivity index (χ3v) is 4.22. The van der Waals surface area contributed by atoms with Gasteiger partial charge in [0.05, 0.1) is 12.7 Å². The van der Waals surface area contributed by atoms with Gasteiger partial charge < -0.3 is 10.1 Å². The van der Waals surface area contributed by atoms with E-state index in [9.17, 15) is 9.59 Å². The second-order valence-corrected chi connectivity index (χ2v) is 5.64. The quantitative estimate of drug-likeness (QED) is 0.881. The Balaban J connectivity index is 1.98. The molecule has 0 saturated carbocycles. The fraction of sp³-hybridized carbons (Fsp3) is 0.267. The predicted molar refractivity (Wildman–Crippen MR) is 80.5 cm³/mol. The highest BCUT2D eigenvalue weighted by Crippen LogP contribution is 2.20. The molecule has 2 aromatic rings. The normalized spacial score (nSPS) is 10.2. The Morgan fingerprint density at radius 2 is 2.10 bits per heavy atom. The van der Waals surface area contributed by atoms with Gasteiger partial charge in [0.1, 0.15) is 5.69 Å². The summed E-state index contributed by atoms with van der Waals surface area (Å²) >= 11 is 1.56. The van der Waals surface area contributed by atoms with Crippen LogP contribution in [0.25, 0.3) is 0 Å². The van der Waals surface area contributed by atoms with Crippen LogP contribution in [0.1, 0.15) is 36.9 Å². The maximum absolute atomic E-state index is 12.1. The second kappa shape index (κ2) is 6.49. The molecule has 5 nitrogen and oxygen atoms in total. The highest BCUT2D eigenvalue weighted by Gasteiger charge is 2.12. The molecule has 1 amide bonds. The lowest BCUT2D eigenvalue weighted by Crippen LogP contribution is -2.23. The van der Waals surface area contributed by atoms with Crippen molar-refractivity contribution >= 4 is 23.2 Å². The van der Waals surface area contributed by atoms with Crippen molar-refractivity contribution < 1.29 is 14.3 Å². The minimum Gasteiger partial charge on any atom is -0.464 e. The van der Waals surface area contributed by atoms with E-state index in [-0.39, 0.29) is 11.6 Å². The van der Waals surface area contributed by atoms with E-state index in [1.807, 2.05) is 19.2 Å². The molecule has 0 aliphatic rings. The number of thiophene rings is 1. The van der Waals surface area contributed by atoms with Gasteiger partial charge in [-0.05, 0) is 31.0 Å². The Morgan fingerprint density at radius 1 is 1.33 bits per heavy atom.